The second-order valence-electron chi connectivity index (χ2n) is 5.70. The molecule has 0 fully saturated rings. The van der Waals surface area contributed by atoms with Gasteiger partial charge in [0.1, 0.15) is 10.8 Å². The van der Waals surface area contributed by atoms with E-state index in [1.807, 2.05) is 38.1 Å². The molecular weight excluding hydrogens is 324 g/mol. The van der Waals surface area contributed by atoms with Gasteiger partial charge in [-0.1, -0.05) is 11.3 Å². The van der Waals surface area contributed by atoms with E-state index in [1.165, 1.54) is 11.3 Å². The number of carbonyl (C=O) groups excluding carboxylic acids is 1. The molecule has 7 heteroatoms. The first-order valence-corrected chi connectivity index (χ1v) is 8.32. The van der Waals surface area contributed by atoms with Crippen LogP contribution in [0, 0.1) is 13.8 Å². The van der Waals surface area contributed by atoms with Crippen molar-refractivity contribution in [1.29, 1.82) is 0 Å². The minimum Gasteiger partial charge on any atom is -0.497 e. The molecule has 0 radical (unpaired) electrons. The van der Waals surface area contributed by atoms with Gasteiger partial charge in [-0.15, -0.1) is 0 Å². The quantitative estimate of drug-likeness (QED) is 0.673. The Morgan fingerprint density at radius 2 is 2.08 bits per heavy atom. The highest BCUT2D eigenvalue weighted by molar-refractivity contribution is 7.16. The van der Waals surface area contributed by atoms with Crippen LogP contribution in [0.15, 0.2) is 18.2 Å². The summed E-state index contributed by atoms with van der Waals surface area (Å²) in [5.74, 6) is 0.682. The Hall–Kier alpha value is -2.67. The molecule has 2 aromatic heterocycles. The maximum atomic E-state index is 12.7. The Bertz CT molecular complexity index is 1020. The van der Waals surface area contributed by atoms with E-state index < -0.39 is 0 Å². The van der Waals surface area contributed by atoms with Crippen LogP contribution in [0.2, 0.25) is 0 Å². The van der Waals surface area contributed by atoms with Crippen molar-refractivity contribution >= 4 is 39.5 Å². The van der Waals surface area contributed by atoms with Crippen LogP contribution in [0.25, 0.3) is 16.6 Å². The summed E-state index contributed by atoms with van der Waals surface area (Å²) in [5.41, 5.74) is 4.06. The molecule has 0 atom stereocenters. The summed E-state index contributed by atoms with van der Waals surface area (Å²) in [4.78, 5) is 19.7. The SMILES string of the molecule is COc1ccc2c(c1)/C(=C\c1c(C)nc3sc(C)nn13)C(=O)N2C. The van der Waals surface area contributed by atoms with Crippen molar-refractivity contribution in [3.63, 3.8) is 0 Å². The molecule has 4 rings (SSSR count). The Balaban J connectivity index is 1.94. The lowest BCUT2D eigenvalue weighted by atomic mass is 10.1. The van der Waals surface area contributed by atoms with Crippen LogP contribution in [0.3, 0.4) is 0 Å². The number of rotatable bonds is 2. The molecular formula is C17H16N4O2S. The number of methoxy groups -OCH3 is 1. The monoisotopic (exact) mass is 340 g/mol. The van der Waals surface area contributed by atoms with Crippen molar-refractivity contribution in [1.82, 2.24) is 14.6 Å². The van der Waals surface area contributed by atoms with Crippen molar-refractivity contribution in [2.45, 2.75) is 13.8 Å². The first-order valence-electron chi connectivity index (χ1n) is 7.50. The van der Waals surface area contributed by atoms with Gasteiger partial charge in [-0.3, -0.25) is 4.79 Å². The van der Waals surface area contributed by atoms with Gasteiger partial charge in [-0.25, -0.2) is 9.50 Å². The number of imidazole rings is 1. The standard InChI is InChI=1S/C17H16N4O2S/c1-9-15(21-17(18-9)24-10(2)19-21)8-13-12-7-11(23-4)5-6-14(12)20(3)16(13)22/h5-8H,1-4H3/b13-8+. The molecule has 1 aromatic carbocycles. The molecule has 3 aromatic rings. The van der Waals surface area contributed by atoms with Crippen molar-refractivity contribution in [3.05, 3.63) is 40.2 Å². The lowest BCUT2D eigenvalue weighted by molar-refractivity contribution is -0.112. The number of amides is 1. The lowest BCUT2D eigenvalue weighted by Gasteiger charge is -2.09. The topological polar surface area (TPSA) is 59.7 Å². The Morgan fingerprint density at radius 3 is 2.83 bits per heavy atom. The molecule has 1 aliphatic rings. The fourth-order valence-electron chi connectivity index (χ4n) is 2.96. The average molecular weight is 340 g/mol. The van der Waals surface area contributed by atoms with E-state index in [9.17, 15) is 4.79 Å². The van der Waals surface area contributed by atoms with E-state index in [1.54, 1.807) is 23.6 Å². The summed E-state index contributed by atoms with van der Waals surface area (Å²) in [6, 6.07) is 5.65. The fraction of sp³-hybridized carbons (Fsp3) is 0.235. The number of likely N-dealkylation sites (N-methyl/N-ethyl adjacent to an activating group) is 1. The van der Waals surface area contributed by atoms with Crippen molar-refractivity contribution in [2.24, 2.45) is 0 Å². The van der Waals surface area contributed by atoms with E-state index in [-0.39, 0.29) is 5.91 Å². The van der Waals surface area contributed by atoms with Gasteiger partial charge in [0.15, 0.2) is 0 Å². The summed E-state index contributed by atoms with van der Waals surface area (Å²) >= 11 is 1.53. The van der Waals surface area contributed by atoms with Crippen LogP contribution in [0.5, 0.6) is 5.75 Å². The molecule has 0 unspecified atom stereocenters. The molecule has 0 N–H and O–H groups in total. The number of carbonyl (C=O) groups is 1. The first kappa shape index (κ1) is 14.9. The number of fused-ring (bicyclic) bond motifs is 2. The molecule has 0 saturated heterocycles. The second kappa shape index (κ2) is 5.17. The van der Waals surface area contributed by atoms with Crippen LogP contribution < -0.4 is 9.64 Å². The van der Waals surface area contributed by atoms with E-state index in [0.717, 1.165) is 38.4 Å². The molecule has 0 aliphatic carbocycles. The highest BCUT2D eigenvalue weighted by Gasteiger charge is 2.30. The highest BCUT2D eigenvalue weighted by Crippen LogP contribution is 2.39. The summed E-state index contributed by atoms with van der Waals surface area (Å²) in [5, 5.41) is 5.43. The van der Waals surface area contributed by atoms with Crippen LogP contribution in [0.1, 0.15) is 22.0 Å². The van der Waals surface area contributed by atoms with Gasteiger partial charge in [-0.05, 0) is 38.1 Å². The molecule has 1 aliphatic heterocycles. The van der Waals surface area contributed by atoms with E-state index in [2.05, 4.69) is 10.1 Å². The number of hydrogen-bond acceptors (Lipinski definition) is 5. The number of ether oxygens (including phenoxy) is 1. The summed E-state index contributed by atoms with van der Waals surface area (Å²) < 4.78 is 7.10. The third kappa shape index (κ3) is 2.05. The first-order chi connectivity index (χ1) is 11.5. The maximum Gasteiger partial charge on any atom is 0.258 e. The van der Waals surface area contributed by atoms with Gasteiger partial charge in [0, 0.05) is 12.6 Å². The number of hydrogen-bond donors (Lipinski definition) is 0. The molecule has 6 nitrogen and oxygen atoms in total. The minimum absolute atomic E-state index is 0.0421. The lowest BCUT2D eigenvalue weighted by Crippen LogP contribution is -2.20. The molecule has 0 bridgehead atoms. The third-order valence-corrected chi connectivity index (χ3v) is 5.02. The van der Waals surface area contributed by atoms with Crippen LogP contribution >= 0.6 is 11.3 Å². The number of benzene rings is 1. The van der Waals surface area contributed by atoms with E-state index >= 15 is 0 Å². The third-order valence-electron chi connectivity index (χ3n) is 4.19. The van der Waals surface area contributed by atoms with Gasteiger partial charge in [0.2, 0.25) is 4.96 Å². The number of aryl methyl sites for hydroxylation is 2. The Kier molecular flexibility index (Phi) is 3.21. The normalized spacial score (nSPS) is 15.6. The van der Waals surface area contributed by atoms with Gasteiger partial charge in [0.25, 0.3) is 5.91 Å². The molecule has 122 valence electrons. The van der Waals surface area contributed by atoms with Crippen LogP contribution in [0.4, 0.5) is 5.69 Å². The fourth-order valence-corrected chi connectivity index (χ4v) is 3.75. The molecule has 0 spiro atoms. The molecule has 1 amide bonds. The summed E-state index contributed by atoms with van der Waals surface area (Å²) in [6.45, 7) is 3.87. The van der Waals surface area contributed by atoms with Crippen LogP contribution in [-0.4, -0.2) is 34.7 Å². The number of nitrogens with zero attached hydrogens (tertiary/aromatic N) is 4. The predicted octanol–water partition coefficient (Wildman–Crippen LogP) is 2.93. The molecule has 0 saturated carbocycles. The van der Waals surface area contributed by atoms with Crippen LogP contribution in [-0.2, 0) is 4.79 Å². The Labute approximate surface area is 143 Å². The van der Waals surface area contributed by atoms with Gasteiger partial charge in [-0.2, -0.15) is 5.10 Å². The average Bonchev–Trinajstić information content (AvgIpc) is 3.13. The largest absolute Gasteiger partial charge is 0.497 e. The van der Waals surface area contributed by atoms with Gasteiger partial charge in [0.05, 0.1) is 29.8 Å². The second-order valence-corrected chi connectivity index (χ2v) is 6.86. The van der Waals surface area contributed by atoms with E-state index in [4.69, 9.17) is 4.74 Å². The molecule has 24 heavy (non-hydrogen) atoms. The van der Waals surface area contributed by atoms with Crippen molar-refractivity contribution in [2.75, 3.05) is 19.1 Å². The minimum atomic E-state index is -0.0421. The predicted molar refractivity (Wildman–Crippen MR) is 94.6 cm³/mol. The molecule has 3 heterocycles. The maximum absolute atomic E-state index is 12.7. The zero-order valence-corrected chi connectivity index (χ0v) is 14.6. The van der Waals surface area contributed by atoms with Gasteiger partial charge >= 0.3 is 0 Å². The number of anilines is 1. The van der Waals surface area contributed by atoms with Crippen molar-refractivity contribution in [3.8, 4) is 5.75 Å². The number of aromatic nitrogens is 3. The Morgan fingerprint density at radius 1 is 1.29 bits per heavy atom. The highest BCUT2D eigenvalue weighted by atomic mass is 32.1. The van der Waals surface area contributed by atoms with Crippen molar-refractivity contribution < 1.29 is 9.53 Å². The van der Waals surface area contributed by atoms with E-state index in [0.29, 0.717) is 5.57 Å². The van der Waals surface area contributed by atoms with Gasteiger partial charge < -0.3 is 9.64 Å². The zero-order valence-electron chi connectivity index (χ0n) is 13.8. The summed E-state index contributed by atoms with van der Waals surface area (Å²) in [6.07, 6.45) is 1.87. The zero-order chi connectivity index (χ0) is 17.0. The smallest absolute Gasteiger partial charge is 0.258 e. The summed E-state index contributed by atoms with van der Waals surface area (Å²) in [7, 11) is 3.40.